The Morgan fingerprint density at radius 1 is 1.45 bits per heavy atom. The van der Waals surface area contributed by atoms with E-state index in [1.54, 1.807) is 11.3 Å². The fraction of sp³-hybridized carbons (Fsp3) is 0.625. The molecule has 1 aliphatic carbocycles. The largest absolute Gasteiger partial charge is 0.389 e. The summed E-state index contributed by atoms with van der Waals surface area (Å²) in [6, 6.07) is 0. The van der Waals surface area contributed by atoms with E-state index in [1.807, 2.05) is 5.51 Å². The van der Waals surface area contributed by atoms with Crippen LogP contribution in [-0.2, 0) is 0 Å². The molecule has 0 atom stereocenters. The molecule has 2 nitrogen and oxygen atoms in total. The molecule has 1 aromatic rings. The Kier molecular flexibility index (Phi) is 1.82. The van der Waals surface area contributed by atoms with E-state index in [9.17, 15) is 0 Å². The van der Waals surface area contributed by atoms with Gasteiger partial charge in [0, 0.05) is 5.92 Å². The second-order valence-corrected chi connectivity index (χ2v) is 3.97. The summed E-state index contributed by atoms with van der Waals surface area (Å²) in [6.45, 7) is 0. The van der Waals surface area contributed by atoms with Crippen molar-refractivity contribution in [2.24, 2.45) is 0 Å². The number of rotatable bonds is 1. The molecule has 11 heavy (non-hydrogen) atoms. The minimum Gasteiger partial charge on any atom is -0.389 e. The van der Waals surface area contributed by atoms with Gasteiger partial charge in [-0.25, -0.2) is 4.98 Å². The Morgan fingerprint density at radius 2 is 2.18 bits per heavy atom. The van der Waals surface area contributed by atoms with Crippen LogP contribution in [0.15, 0.2) is 5.51 Å². The monoisotopic (exact) mass is 168 g/mol. The van der Waals surface area contributed by atoms with Crippen molar-refractivity contribution in [1.29, 1.82) is 0 Å². The number of nitrogen functional groups attached to an aromatic ring is 1. The molecule has 2 rings (SSSR count). The average molecular weight is 168 g/mol. The van der Waals surface area contributed by atoms with E-state index in [4.69, 9.17) is 5.73 Å². The second kappa shape index (κ2) is 2.81. The number of aromatic nitrogens is 1. The Morgan fingerprint density at radius 3 is 2.73 bits per heavy atom. The predicted molar refractivity (Wildman–Crippen MR) is 47.7 cm³/mol. The van der Waals surface area contributed by atoms with Gasteiger partial charge in [0.2, 0.25) is 0 Å². The summed E-state index contributed by atoms with van der Waals surface area (Å²) in [7, 11) is 0. The van der Waals surface area contributed by atoms with Crippen LogP contribution in [0.3, 0.4) is 0 Å². The third-order valence-corrected chi connectivity index (χ3v) is 3.04. The molecule has 0 aliphatic heterocycles. The average Bonchev–Trinajstić information content (AvgIpc) is 2.55. The summed E-state index contributed by atoms with van der Waals surface area (Å²) in [5.74, 6) is 0.668. The topological polar surface area (TPSA) is 38.9 Å². The third kappa shape index (κ3) is 1.25. The van der Waals surface area contributed by atoms with Crippen molar-refractivity contribution in [3.05, 3.63) is 11.2 Å². The summed E-state index contributed by atoms with van der Waals surface area (Å²) >= 11 is 1.56. The molecule has 1 aromatic heterocycles. The SMILES string of the molecule is Nc1scnc1C1CCCC1. The first kappa shape index (κ1) is 7.10. The second-order valence-electron chi connectivity index (χ2n) is 3.08. The van der Waals surface area contributed by atoms with Crippen molar-refractivity contribution in [3.8, 4) is 0 Å². The lowest BCUT2D eigenvalue weighted by atomic mass is 10.1. The lowest BCUT2D eigenvalue weighted by Crippen LogP contribution is -1.96. The number of nitrogens with two attached hydrogens (primary N) is 1. The normalized spacial score (nSPS) is 19.3. The number of anilines is 1. The quantitative estimate of drug-likeness (QED) is 0.699. The summed E-state index contributed by atoms with van der Waals surface area (Å²) in [4.78, 5) is 4.29. The molecule has 0 amide bonds. The lowest BCUT2D eigenvalue weighted by Gasteiger charge is -2.04. The molecule has 0 radical (unpaired) electrons. The standard InChI is InChI=1S/C8H12N2S/c9-8-7(10-5-11-8)6-3-1-2-4-6/h5-6H,1-4,9H2. The first-order valence-corrected chi connectivity index (χ1v) is 4.95. The van der Waals surface area contributed by atoms with Crippen LogP contribution in [0.2, 0.25) is 0 Å². The summed E-state index contributed by atoms with van der Waals surface area (Å²) < 4.78 is 0. The Hall–Kier alpha value is -0.570. The maximum Gasteiger partial charge on any atom is 0.109 e. The van der Waals surface area contributed by atoms with Gasteiger partial charge in [0.05, 0.1) is 11.2 Å². The first-order valence-electron chi connectivity index (χ1n) is 4.07. The van der Waals surface area contributed by atoms with Gasteiger partial charge in [-0.2, -0.15) is 0 Å². The van der Waals surface area contributed by atoms with Gasteiger partial charge < -0.3 is 5.73 Å². The molecule has 0 unspecified atom stereocenters. The maximum absolute atomic E-state index is 5.78. The summed E-state index contributed by atoms with van der Waals surface area (Å²) in [5, 5.41) is 0.928. The van der Waals surface area contributed by atoms with Crippen LogP contribution in [0.5, 0.6) is 0 Å². The maximum atomic E-state index is 5.78. The van der Waals surface area contributed by atoms with Crippen LogP contribution in [0, 0.1) is 0 Å². The van der Waals surface area contributed by atoms with Crippen LogP contribution in [0.4, 0.5) is 5.00 Å². The highest BCUT2D eigenvalue weighted by molar-refractivity contribution is 7.13. The highest BCUT2D eigenvalue weighted by Crippen LogP contribution is 2.36. The van der Waals surface area contributed by atoms with E-state index in [1.165, 1.54) is 25.7 Å². The highest BCUT2D eigenvalue weighted by Gasteiger charge is 2.20. The van der Waals surface area contributed by atoms with Crippen molar-refractivity contribution in [3.63, 3.8) is 0 Å². The molecule has 0 saturated heterocycles. The van der Waals surface area contributed by atoms with Crippen LogP contribution < -0.4 is 5.73 Å². The van der Waals surface area contributed by atoms with Crippen LogP contribution in [0.1, 0.15) is 37.3 Å². The summed E-state index contributed by atoms with van der Waals surface area (Å²) in [6.07, 6.45) is 5.27. The van der Waals surface area contributed by atoms with E-state index in [0.717, 1.165) is 10.7 Å². The molecule has 3 heteroatoms. The molecule has 2 N–H and O–H groups in total. The molecule has 0 aromatic carbocycles. The molecule has 1 saturated carbocycles. The molecule has 1 heterocycles. The number of hydrogen-bond donors (Lipinski definition) is 1. The first-order chi connectivity index (χ1) is 5.38. The van der Waals surface area contributed by atoms with Gasteiger partial charge in [-0.1, -0.05) is 12.8 Å². The zero-order valence-electron chi connectivity index (χ0n) is 6.42. The van der Waals surface area contributed by atoms with Crippen LogP contribution in [-0.4, -0.2) is 4.98 Å². The fourth-order valence-electron chi connectivity index (χ4n) is 1.77. The molecule has 1 fully saturated rings. The zero-order valence-corrected chi connectivity index (χ0v) is 7.23. The third-order valence-electron chi connectivity index (χ3n) is 2.37. The fourth-order valence-corrected chi connectivity index (χ4v) is 2.39. The molecule has 60 valence electrons. The van der Waals surface area contributed by atoms with Gasteiger partial charge in [0.15, 0.2) is 0 Å². The zero-order chi connectivity index (χ0) is 7.68. The van der Waals surface area contributed by atoms with Gasteiger partial charge in [-0.15, -0.1) is 11.3 Å². The van der Waals surface area contributed by atoms with E-state index < -0.39 is 0 Å². The van der Waals surface area contributed by atoms with Crippen LogP contribution in [0.25, 0.3) is 0 Å². The molecular formula is C8H12N2S. The number of hydrogen-bond acceptors (Lipinski definition) is 3. The highest BCUT2D eigenvalue weighted by atomic mass is 32.1. The predicted octanol–water partition coefficient (Wildman–Crippen LogP) is 2.38. The van der Waals surface area contributed by atoms with Crippen molar-refractivity contribution in [1.82, 2.24) is 4.98 Å². The van der Waals surface area contributed by atoms with Gasteiger partial charge in [-0.05, 0) is 12.8 Å². The molecular weight excluding hydrogens is 156 g/mol. The van der Waals surface area contributed by atoms with E-state index in [-0.39, 0.29) is 0 Å². The van der Waals surface area contributed by atoms with Gasteiger partial charge in [0.1, 0.15) is 5.00 Å². The Balaban J connectivity index is 2.21. The van der Waals surface area contributed by atoms with Crippen molar-refractivity contribution < 1.29 is 0 Å². The van der Waals surface area contributed by atoms with Gasteiger partial charge in [0.25, 0.3) is 0 Å². The summed E-state index contributed by atoms with van der Waals surface area (Å²) in [5.41, 5.74) is 8.79. The van der Waals surface area contributed by atoms with Gasteiger partial charge in [-0.3, -0.25) is 0 Å². The van der Waals surface area contributed by atoms with E-state index in [0.29, 0.717) is 5.92 Å². The van der Waals surface area contributed by atoms with Crippen molar-refractivity contribution >= 4 is 16.3 Å². The minimum atomic E-state index is 0.668. The molecule has 0 bridgehead atoms. The molecule has 0 spiro atoms. The van der Waals surface area contributed by atoms with Gasteiger partial charge >= 0.3 is 0 Å². The van der Waals surface area contributed by atoms with Crippen LogP contribution >= 0.6 is 11.3 Å². The lowest BCUT2D eigenvalue weighted by molar-refractivity contribution is 0.705. The van der Waals surface area contributed by atoms with E-state index in [2.05, 4.69) is 4.98 Å². The Bertz CT molecular complexity index is 238. The number of nitrogens with zero attached hydrogens (tertiary/aromatic N) is 1. The number of thiazole rings is 1. The van der Waals surface area contributed by atoms with E-state index >= 15 is 0 Å². The Labute approximate surface area is 70.5 Å². The minimum absolute atomic E-state index is 0.668. The molecule has 1 aliphatic rings. The van der Waals surface area contributed by atoms with Crippen molar-refractivity contribution in [2.75, 3.05) is 5.73 Å². The smallest absolute Gasteiger partial charge is 0.109 e. The van der Waals surface area contributed by atoms with Crippen molar-refractivity contribution in [2.45, 2.75) is 31.6 Å².